The Labute approximate surface area is 188 Å². The highest BCUT2D eigenvalue weighted by Gasteiger charge is 2.12. The van der Waals surface area contributed by atoms with Crippen LogP contribution in [0.15, 0.2) is 71.9 Å². The first-order valence-corrected chi connectivity index (χ1v) is 10.8. The van der Waals surface area contributed by atoms with E-state index in [1.54, 1.807) is 54.7 Å². The minimum Gasteiger partial charge on any atom is -0.494 e. The summed E-state index contributed by atoms with van der Waals surface area (Å²) in [6.07, 6.45) is 3.42. The Morgan fingerprint density at radius 2 is 1.44 bits per heavy atom. The van der Waals surface area contributed by atoms with Crippen LogP contribution in [0.3, 0.4) is 0 Å². The second-order valence-corrected chi connectivity index (χ2v) is 7.41. The second kappa shape index (κ2) is 11.1. The molecule has 6 heteroatoms. The molecule has 2 aromatic carbocycles. The standard InChI is InChI=1S/C26H28N2O4/c1-4-14-31-22-10-6-8-20(16-22)25(29)27-24-13-12-19(3)18-28(24)26(30)21-9-7-11-23(17-21)32-15-5-2/h6-13,16-18H,4-5,14-15H2,1-3H3. The summed E-state index contributed by atoms with van der Waals surface area (Å²) in [7, 11) is 0. The first-order chi connectivity index (χ1) is 15.5. The van der Waals surface area contributed by atoms with Crippen LogP contribution in [-0.4, -0.2) is 29.6 Å². The normalized spacial score (nSPS) is 11.3. The summed E-state index contributed by atoms with van der Waals surface area (Å²) >= 11 is 0. The van der Waals surface area contributed by atoms with E-state index in [9.17, 15) is 9.59 Å². The Kier molecular flexibility index (Phi) is 7.97. The van der Waals surface area contributed by atoms with Gasteiger partial charge in [-0.15, -0.1) is 0 Å². The smallest absolute Gasteiger partial charge is 0.279 e. The van der Waals surface area contributed by atoms with Crippen LogP contribution < -0.4 is 15.0 Å². The molecule has 1 amide bonds. The van der Waals surface area contributed by atoms with Crippen molar-refractivity contribution in [1.82, 2.24) is 4.57 Å². The van der Waals surface area contributed by atoms with Crippen LogP contribution in [0.25, 0.3) is 0 Å². The molecule has 0 radical (unpaired) electrons. The molecule has 0 fully saturated rings. The third kappa shape index (κ3) is 5.94. The number of aromatic nitrogens is 1. The van der Waals surface area contributed by atoms with E-state index in [1.165, 1.54) is 4.57 Å². The molecule has 3 rings (SSSR count). The molecule has 1 heterocycles. The minimum absolute atomic E-state index is 0.255. The van der Waals surface area contributed by atoms with E-state index >= 15 is 0 Å². The number of hydrogen-bond acceptors (Lipinski definition) is 4. The van der Waals surface area contributed by atoms with E-state index in [2.05, 4.69) is 4.99 Å². The Hall–Kier alpha value is -3.67. The van der Waals surface area contributed by atoms with Gasteiger partial charge < -0.3 is 9.47 Å². The van der Waals surface area contributed by atoms with E-state index in [0.29, 0.717) is 35.8 Å². The molecule has 6 nitrogen and oxygen atoms in total. The van der Waals surface area contributed by atoms with E-state index in [-0.39, 0.29) is 11.4 Å². The highest BCUT2D eigenvalue weighted by molar-refractivity contribution is 5.97. The number of ether oxygens (including phenoxy) is 2. The lowest BCUT2D eigenvalue weighted by Crippen LogP contribution is -2.28. The van der Waals surface area contributed by atoms with Crippen molar-refractivity contribution >= 4 is 11.8 Å². The summed E-state index contributed by atoms with van der Waals surface area (Å²) in [5.41, 5.74) is 1.98. The van der Waals surface area contributed by atoms with E-state index in [1.807, 2.05) is 32.9 Å². The Balaban J connectivity index is 1.95. The van der Waals surface area contributed by atoms with Crippen molar-refractivity contribution in [3.05, 3.63) is 89.0 Å². The zero-order valence-corrected chi connectivity index (χ0v) is 18.7. The predicted octanol–water partition coefficient (Wildman–Crippen LogP) is 4.80. The number of carbonyl (C=O) groups excluding carboxylic acids is 2. The first-order valence-electron chi connectivity index (χ1n) is 10.8. The fourth-order valence-electron chi connectivity index (χ4n) is 3.04. The maximum absolute atomic E-state index is 13.3. The molecule has 32 heavy (non-hydrogen) atoms. The summed E-state index contributed by atoms with van der Waals surface area (Å²) in [6, 6.07) is 17.4. The molecule has 0 aliphatic carbocycles. The summed E-state index contributed by atoms with van der Waals surface area (Å²) in [6.45, 7) is 7.06. The average Bonchev–Trinajstić information content (AvgIpc) is 2.82. The van der Waals surface area contributed by atoms with Crippen LogP contribution in [0.4, 0.5) is 0 Å². The minimum atomic E-state index is -0.447. The quantitative estimate of drug-likeness (QED) is 0.513. The van der Waals surface area contributed by atoms with Crippen LogP contribution in [-0.2, 0) is 0 Å². The molecule has 0 saturated heterocycles. The highest BCUT2D eigenvalue weighted by Crippen LogP contribution is 2.16. The second-order valence-electron chi connectivity index (χ2n) is 7.41. The molecule has 0 aliphatic heterocycles. The monoisotopic (exact) mass is 432 g/mol. The van der Waals surface area contributed by atoms with Crippen LogP contribution >= 0.6 is 0 Å². The molecule has 1 aromatic heterocycles. The molecular weight excluding hydrogens is 404 g/mol. The van der Waals surface area contributed by atoms with Gasteiger partial charge in [0.15, 0.2) is 0 Å². The number of aryl methyl sites for hydroxylation is 1. The summed E-state index contributed by atoms with van der Waals surface area (Å²) in [5.74, 6) is 0.508. The number of amides is 1. The fourth-order valence-corrected chi connectivity index (χ4v) is 3.04. The van der Waals surface area contributed by atoms with E-state index in [0.717, 1.165) is 18.4 Å². The van der Waals surface area contributed by atoms with Gasteiger partial charge in [-0.05, 0) is 67.8 Å². The number of rotatable bonds is 8. The number of benzene rings is 2. The van der Waals surface area contributed by atoms with Gasteiger partial charge in [0.2, 0.25) is 0 Å². The maximum atomic E-state index is 13.3. The maximum Gasteiger partial charge on any atom is 0.279 e. The van der Waals surface area contributed by atoms with Crippen molar-refractivity contribution in [2.45, 2.75) is 33.6 Å². The van der Waals surface area contributed by atoms with Gasteiger partial charge >= 0.3 is 0 Å². The van der Waals surface area contributed by atoms with Crippen molar-refractivity contribution in [3.8, 4) is 11.5 Å². The molecule has 0 aliphatic rings. The Morgan fingerprint density at radius 3 is 2.06 bits per heavy atom. The number of carbonyl (C=O) groups is 2. The lowest BCUT2D eigenvalue weighted by Gasteiger charge is -2.10. The van der Waals surface area contributed by atoms with Crippen molar-refractivity contribution in [1.29, 1.82) is 0 Å². The third-order valence-electron chi connectivity index (χ3n) is 4.62. The lowest BCUT2D eigenvalue weighted by molar-refractivity contribution is 0.0952. The van der Waals surface area contributed by atoms with Gasteiger partial charge in [0.05, 0.1) is 13.2 Å². The van der Waals surface area contributed by atoms with Crippen LogP contribution in [0.5, 0.6) is 11.5 Å². The zero-order chi connectivity index (χ0) is 22.9. The van der Waals surface area contributed by atoms with Crippen molar-refractivity contribution < 1.29 is 19.1 Å². The van der Waals surface area contributed by atoms with Gasteiger partial charge in [-0.3, -0.25) is 14.2 Å². The van der Waals surface area contributed by atoms with Crippen LogP contribution in [0.2, 0.25) is 0 Å². The highest BCUT2D eigenvalue weighted by atomic mass is 16.5. The molecule has 0 saturated carbocycles. The van der Waals surface area contributed by atoms with E-state index in [4.69, 9.17) is 9.47 Å². The summed E-state index contributed by atoms with van der Waals surface area (Å²) in [4.78, 5) is 30.3. The molecular formula is C26H28N2O4. The SMILES string of the molecule is CCCOc1cccc(C(=O)N=c2ccc(C)cn2C(=O)c2cccc(OCCC)c2)c1. The van der Waals surface area contributed by atoms with Gasteiger partial charge in [-0.2, -0.15) is 4.99 Å². The van der Waals surface area contributed by atoms with Gasteiger partial charge in [0.1, 0.15) is 17.0 Å². The largest absolute Gasteiger partial charge is 0.494 e. The first kappa shape index (κ1) is 23.0. The van der Waals surface area contributed by atoms with Crippen LogP contribution in [0, 0.1) is 6.92 Å². The van der Waals surface area contributed by atoms with Crippen molar-refractivity contribution in [2.75, 3.05) is 13.2 Å². The summed E-state index contributed by atoms with van der Waals surface area (Å²) in [5, 5.41) is 0. The van der Waals surface area contributed by atoms with Crippen LogP contribution in [0.1, 0.15) is 53.0 Å². The molecule has 0 spiro atoms. The zero-order valence-electron chi connectivity index (χ0n) is 18.7. The third-order valence-corrected chi connectivity index (χ3v) is 4.62. The molecule has 166 valence electrons. The van der Waals surface area contributed by atoms with E-state index < -0.39 is 5.91 Å². The average molecular weight is 433 g/mol. The van der Waals surface area contributed by atoms with Gasteiger partial charge in [0.25, 0.3) is 11.8 Å². The van der Waals surface area contributed by atoms with Gasteiger partial charge in [-0.25, -0.2) is 0 Å². The van der Waals surface area contributed by atoms with Gasteiger partial charge in [-0.1, -0.05) is 32.0 Å². The Bertz CT molecular complexity index is 1160. The van der Waals surface area contributed by atoms with Gasteiger partial charge in [0, 0.05) is 17.3 Å². The van der Waals surface area contributed by atoms with Crippen molar-refractivity contribution in [3.63, 3.8) is 0 Å². The lowest BCUT2D eigenvalue weighted by atomic mass is 10.2. The molecule has 0 N–H and O–H groups in total. The number of nitrogens with zero attached hydrogens (tertiary/aromatic N) is 2. The fraction of sp³-hybridized carbons (Fsp3) is 0.269. The number of pyridine rings is 1. The predicted molar refractivity (Wildman–Crippen MR) is 123 cm³/mol. The number of hydrogen-bond donors (Lipinski definition) is 0. The van der Waals surface area contributed by atoms with Crippen molar-refractivity contribution in [2.24, 2.45) is 4.99 Å². The molecule has 0 bridgehead atoms. The molecule has 3 aromatic rings. The Morgan fingerprint density at radius 1 is 0.844 bits per heavy atom. The molecule has 0 unspecified atom stereocenters. The molecule has 0 atom stereocenters. The summed E-state index contributed by atoms with van der Waals surface area (Å²) < 4.78 is 12.6. The topological polar surface area (TPSA) is 69.9 Å².